The van der Waals surface area contributed by atoms with Crippen molar-refractivity contribution in [1.29, 1.82) is 0 Å². The second kappa shape index (κ2) is 5.05. The van der Waals surface area contributed by atoms with Crippen LogP contribution in [0.4, 0.5) is 4.79 Å². The third kappa shape index (κ3) is 2.62. The molecule has 0 aromatic heterocycles. The van der Waals surface area contributed by atoms with Gasteiger partial charge in [-0.15, -0.1) is 0 Å². The van der Waals surface area contributed by atoms with Gasteiger partial charge in [0, 0.05) is 33.2 Å². The Balaban J connectivity index is 1.89. The van der Waals surface area contributed by atoms with Gasteiger partial charge in [-0.1, -0.05) is 0 Å². The smallest absolute Gasteiger partial charge is 0.319 e. The normalized spacial score (nSPS) is 26.9. The lowest BCUT2D eigenvalue weighted by Gasteiger charge is -2.39. The number of amides is 2. The number of ether oxygens (including phenoxy) is 1. The van der Waals surface area contributed by atoms with E-state index in [-0.39, 0.29) is 11.6 Å². The fourth-order valence-electron chi connectivity index (χ4n) is 2.89. The molecule has 0 unspecified atom stereocenters. The zero-order valence-corrected chi connectivity index (χ0v) is 12.0. The Morgan fingerprint density at radius 3 is 2.28 bits per heavy atom. The Morgan fingerprint density at radius 2 is 1.83 bits per heavy atom. The van der Waals surface area contributed by atoms with Gasteiger partial charge in [-0.05, 0) is 33.4 Å². The van der Waals surface area contributed by atoms with Crippen molar-refractivity contribution in [2.24, 2.45) is 0 Å². The SMILES string of the molecule is CN(C)C(=O)N1CCC2(CC1)C[C@H](N(C)C)CO2. The van der Waals surface area contributed by atoms with Crippen molar-refractivity contribution in [1.82, 2.24) is 14.7 Å². The van der Waals surface area contributed by atoms with Crippen molar-refractivity contribution in [3.8, 4) is 0 Å². The maximum atomic E-state index is 11.9. The first-order valence-electron chi connectivity index (χ1n) is 6.70. The molecule has 0 bridgehead atoms. The molecule has 2 saturated heterocycles. The highest BCUT2D eigenvalue weighted by Gasteiger charge is 2.44. The fraction of sp³-hybridized carbons (Fsp3) is 0.923. The Labute approximate surface area is 110 Å². The van der Waals surface area contributed by atoms with Crippen molar-refractivity contribution in [3.63, 3.8) is 0 Å². The van der Waals surface area contributed by atoms with E-state index in [1.165, 1.54) is 0 Å². The van der Waals surface area contributed by atoms with Crippen LogP contribution in [0.1, 0.15) is 19.3 Å². The lowest BCUT2D eigenvalue weighted by atomic mass is 9.87. The Morgan fingerprint density at radius 1 is 1.22 bits per heavy atom. The summed E-state index contributed by atoms with van der Waals surface area (Å²) in [5, 5.41) is 0. The highest BCUT2D eigenvalue weighted by atomic mass is 16.5. The number of rotatable bonds is 1. The van der Waals surface area contributed by atoms with Gasteiger partial charge in [0.15, 0.2) is 0 Å². The Kier molecular flexibility index (Phi) is 3.82. The van der Waals surface area contributed by atoms with E-state index in [0.717, 1.165) is 39.0 Å². The van der Waals surface area contributed by atoms with Crippen LogP contribution in [0.15, 0.2) is 0 Å². The molecule has 5 nitrogen and oxygen atoms in total. The van der Waals surface area contributed by atoms with Crippen molar-refractivity contribution >= 4 is 6.03 Å². The first-order chi connectivity index (χ1) is 8.43. The molecule has 2 fully saturated rings. The summed E-state index contributed by atoms with van der Waals surface area (Å²) in [6, 6.07) is 0.646. The van der Waals surface area contributed by atoms with Gasteiger partial charge >= 0.3 is 6.03 Å². The van der Waals surface area contributed by atoms with Crippen LogP contribution < -0.4 is 0 Å². The average Bonchev–Trinajstić information content (AvgIpc) is 2.74. The minimum absolute atomic E-state index is 0.0258. The standard InChI is InChI=1S/C13H25N3O2/c1-14(2)11-9-13(18-10-11)5-7-16(8-6-13)12(17)15(3)4/h11H,5-10H2,1-4H3/t11-/m0/s1. The van der Waals surface area contributed by atoms with Crippen molar-refractivity contribution in [3.05, 3.63) is 0 Å². The second-order valence-corrected chi connectivity index (χ2v) is 5.98. The van der Waals surface area contributed by atoms with E-state index in [9.17, 15) is 4.79 Å². The summed E-state index contributed by atoms with van der Waals surface area (Å²) in [4.78, 5) is 17.7. The van der Waals surface area contributed by atoms with Crippen LogP contribution in [0.25, 0.3) is 0 Å². The molecule has 2 rings (SSSR count). The van der Waals surface area contributed by atoms with E-state index in [0.29, 0.717) is 6.04 Å². The van der Waals surface area contributed by atoms with Crippen LogP contribution in [-0.4, -0.2) is 80.3 Å². The summed E-state index contributed by atoms with van der Waals surface area (Å²) in [7, 11) is 7.83. The summed E-state index contributed by atoms with van der Waals surface area (Å²) in [5.74, 6) is 0. The molecule has 0 aliphatic carbocycles. The minimum Gasteiger partial charge on any atom is -0.373 e. The van der Waals surface area contributed by atoms with Crippen LogP contribution in [-0.2, 0) is 4.74 Å². The van der Waals surface area contributed by atoms with Gasteiger partial charge in [-0.3, -0.25) is 0 Å². The fourth-order valence-corrected chi connectivity index (χ4v) is 2.89. The number of likely N-dealkylation sites (tertiary alicyclic amines) is 1. The van der Waals surface area contributed by atoms with E-state index < -0.39 is 0 Å². The number of hydrogen-bond donors (Lipinski definition) is 0. The first-order valence-corrected chi connectivity index (χ1v) is 6.70. The van der Waals surface area contributed by atoms with Crippen molar-refractivity contribution in [2.45, 2.75) is 30.9 Å². The van der Waals surface area contributed by atoms with E-state index in [2.05, 4.69) is 19.0 Å². The molecule has 0 aromatic carbocycles. The number of urea groups is 1. The van der Waals surface area contributed by atoms with E-state index in [1.807, 2.05) is 4.90 Å². The molecule has 2 aliphatic heterocycles. The molecule has 18 heavy (non-hydrogen) atoms. The molecule has 0 N–H and O–H groups in total. The number of piperidine rings is 1. The van der Waals surface area contributed by atoms with Gasteiger partial charge in [0.25, 0.3) is 0 Å². The molecular weight excluding hydrogens is 230 g/mol. The highest BCUT2D eigenvalue weighted by Crippen LogP contribution is 2.37. The molecule has 1 spiro atoms. The highest BCUT2D eigenvalue weighted by molar-refractivity contribution is 5.73. The number of nitrogens with zero attached hydrogens (tertiary/aromatic N) is 3. The number of carbonyl (C=O) groups is 1. The molecule has 5 heteroatoms. The number of likely N-dealkylation sites (N-methyl/N-ethyl adjacent to an activating group) is 1. The third-order valence-corrected chi connectivity index (χ3v) is 4.25. The van der Waals surface area contributed by atoms with Crippen molar-refractivity contribution in [2.75, 3.05) is 47.9 Å². The van der Waals surface area contributed by atoms with Gasteiger partial charge < -0.3 is 19.4 Å². The average molecular weight is 255 g/mol. The van der Waals surface area contributed by atoms with Crippen molar-refractivity contribution < 1.29 is 9.53 Å². The summed E-state index contributed by atoms with van der Waals surface area (Å²) < 4.78 is 6.05. The molecular formula is C13H25N3O2. The molecule has 1 atom stereocenters. The predicted octanol–water partition coefficient (Wildman–Crippen LogP) is 0.853. The maximum absolute atomic E-state index is 11.9. The van der Waals surface area contributed by atoms with Gasteiger partial charge in [0.1, 0.15) is 0 Å². The van der Waals surface area contributed by atoms with Crippen LogP contribution in [0.3, 0.4) is 0 Å². The van der Waals surface area contributed by atoms with Gasteiger partial charge in [-0.25, -0.2) is 4.79 Å². The number of carbonyl (C=O) groups excluding carboxylic acids is 1. The summed E-state index contributed by atoms with van der Waals surface area (Å²) in [6.45, 7) is 2.46. The largest absolute Gasteiger partial charge is 0.373 e. The molecule has 2 heterocycles. The van der Waals surface area contributed by atoms with Gasteiger partial charge in [0.05, 0.1) is 12.2 Å². The first kappa shape index (κ1) is 13.6. The van der Waals surface area contributed by atoms with E-state index in [1.54, 1.807) is 19.0 Å². The number of hydrogen-bond acceptors (Lipinski definition) is 3. The summed E-state index contributed by atoms with van der Waals surface area (Å²) >= 11 is 0. The second-order valence-electron chi connectivity index (χ2n) is 5.98. The molecule has 0 aromatic rings. The molecule has 0 saturated carbocycles. The quantitative estimate of drug-likeness (QED) is 0.697. The lowest BCUT2D eigenvalue weighted by molar-refractivity contribution is -0.0380. The molecule has 2 aliphatic rings. The zero-order chi connectivity index (χ0) is 13.3. The predicted molar refractivity (Wildman–Crippen MR) is 70.7 cm³/mol. The van der Waals surface area contributed by atoms with Crippen LogP contribution in [0.2, 0.25) is 0 Å². The van der Waals surface area contributed by atoms with E-state index >= 15 is 0 Å². The van der Waals surface area contributed by atoms with Crippen LogP contribution in [0.5, 0.6) is 0 Å². The Bertz CT molecular complexity index is 309. The van der Waals surface area contributed by atoms with Crippen LogP contribution in [0, 0.1) is 0 Å². The summed E-state index contributed by atoms with van der Waals surface area (Å²) in [5.41, 5.74) is 0.0258. The van der Waals surface area contributed by atoms with Gasteiger partial charge in [0.2, 0.25) is 0 Å². The zero-order valence-electron chi connectivity index (χ0n) is 12.0. The minimum atomic E-state index is 0.0258. The topological polar surface area (TPSA) is 36.0 Å². The lowest BCUT2D eigenvalue weighted by Crippen LogP contribution is -2.49. The summed E-state index contributed by atoms with van der Waals surface area (Å²) in [6.07, 6.45) is 3.04. The molecule has 0 radical (unpaired) electrons. The van der Waals surface area contributed by atoms with Crippen LogP contribution >= 0.6 is 0 Å². The monoisotopic (exact) mass is 255 g/mol. The van der Waals surface area contributed by atoms with Gasteiger partial charge in [-0.2, -0.15) is 0 Å². The molecule has 2 amide bonds. The van der Waals surface area contributed by atoms with E-state index in [4.69, 9.17) is 4.74 Å². The maximum Gasteiger partial charge on any atom is 0.319 e. The molecule has 104 valence electrons. The Hall–Kier alpha value is -0.810. The third-order valence-electron chi connectivity index (χ3n) is 4.25.